The van der Waals surface area contributed by atoms with Gasteiger partial charge in [0, 0.05) is 12.0 Å². The predicted octanol–water partition coefficient (Wildman–Crippen LogP) is 1.96. The van der Waals surface area contributed by atoms with Gasteiger partial charge in [0.2, 0.25) is 16.9 Å². The standard InChI is InChI=1S/C15H19N3O5S/c1-3-10(2)15(21)16-8-14(20)24-9-13(19)17-11-6-4-5-7-12(11)18(22)23/h4-7,10H,3,8-9H2,1-2H3,(H,16,21)(H,17,19)/t10-/m0/s1. The summed E-state index contributed by atoms with van der Waals surface area (Å²) in [6.45, 7) is 3.47. The van der Waals surface area contributed by atoms with E-state index in [1.165, 1.54) is 18.2 Å². The molecule has 0 aromatic heterocycles. The quantitative estimate of drug-likeness (QED) is 0.545. The summed E-state index contributed by atoms with van der Waals surface area (Å²) in [5.41, 5.74) is -0.145. The molecule has 0 saturated carbocycles. The van der Waals surface area contributed by atoms with E-state index in [9.17, 15) is 24.5 Å². The average Bonchev–Trinajstić information content (AvgIpc) is 2.57. The predicted molar refractivity (Wildman–Crippen MR) is 91.7 cm³/mol. The molecule has 1 aromatic carbocycles. The maximum Gasteiger partial charge on any atom is 0.292 e. The Hall–Kier alpha value is -2.42. The fourth-order valence-corrected chi connectivity index (χ4v) is 2.18. The molecule has 0 aliphatic heterocycles. The lowest BCUT2D eigenvalue weighted by Crippen LogP contribution is -2.32. The summed E-state index contributed by atoms with van der Waals surface area (Å²) >= 11 is 0.744. The molecule has 0 spiro atoms. The second-order valence-electron chi connectivity index (χ2n) is 5.01. The van der Waals surface area contributed by atoms with Gasteiger partial charge in [0.15, 0.2) is 0 Å². The molecule has 0 unspecified atom stereocenters. The molecule has 2 N–H and O–H groups in total. The van der Waals surface area contributed by atoms with Crippen molar-refractivity contribution in [2.75, 3.05) is 17.6 Å². The molecule has 0 saturated heterocycles. The SMILES string of the molecule is CC[C@H](C)C(=O)NCC(=O)SCC(=O)Nc1ccccc1[N+](=O)[O-]. The van der Waals surface area contributed by atoms with Crippen LogP contribution in [0.3, 0.4) is 0 Å². The summed E-state index contributed by atoms with van der Waals surface area (Å²) in [6, 6.07) is 5.74. The zero-order valence-electron chi connectivity index (χ0n) is 13.4. The maximum absolute atomic E-state index is 11.8. The number of rotatable bonds is 8. The summed E-state index contributed by atoms with van der Waals surface area (Å²) in [4.78, 5) is 45.2. The summed E-state index contributed by atoms with van der Waals surface area (Å²) in [7, 11) is 0. The first-order valence-electron chi connectivity index (χ1n) is 7.31. The topological polar surface area (TPSA) is 118 Å². The molecule has 0 heterocycles. The number of thioether (sulfide) groups is 1. The van der Waals surface area contributed by atoms with Crippen LogP contribution in [0.4, 0.5) is 11.4 Å². The number of benzene rings is 1. The van der Waals surface area contributed by atoms with Gasteiger partial charge in [0.25, 0.3) is 5.69 Å². The smallest absolute Gasteiger partial charge is 0.292 e. The van der Waals surface area contributed by atoms with Crippen molar-refractivity contribution >= 4 is 40.1 Å². The monoisotopic (exact) mass is 353 g/mol. The van der Waals surface area contributed by atoms with Gasteiger partial charge in [0.1, 0.15) is 5.69 Å². The number of nitro benzene ring substituents is 1. The van der Waals surface area contributed by atoms with E-state index < -0.39 is 10.8 Å². The fraction of sp³-hybridized carbons (Fsp3) is 0.400. The van der Waals surface area contributed by atoms with Gasteiger partial charge in [-0.2, -0.15) is 0 Å². The number of carbonyl (C=O) groups is 3. The number of anilines is 1. The lowest BCUT2D eigenvalue weighted by molar-refractivity contribution is -0.383. The zero-order valence-corrected chi connectivity index (χ0v) is 14.2. The number of nitro groups is 1. The molecule has 0 fully saturated rings. The van der Waals surface area contributed by atoms with E-state index in [1.54, 1.807) is 13.0 Å². The molecule has 0 aliphatic rings. The number of nitrogens with one attached hydrogen (secondary N) is 2. The van der Waals surface area contributed by atoms with Crippen LogP contribution in [0.15, 0.2) is 24.3 Å². The van der Waals surface area contributed by atoms with Gasteiger partial charge < -0.3 is 10.6 Å². The minimum Gasteiger partial charge on any atom is -0.348 e. The highest BCUT2D eigenvalue weighted by Crippen LogP contribution is 2.23. The first-order chi connectivity index (χ1) is 11.3. The Morgan fingerprint density at radius 3 is 2.58 bits per heavy atom. The van der Waals surface area contributed by atoms with Crippen molar-refractivity contribution < 1.29 is 19.3 Å². The van der Waals surface area contributed by atoms with E-state index in [2.05, 4.69) is 10.6 Å². The number of nitrogens with zero attached hydrogens (tertiary/aromatic N) is 1. The van der Waals surface area contributed by atoms with Crippen molar-refractivity contribution in [2.45, 2.75) is 20.3 Å². The van der Waals surface area contributed by atoms with Crippen LogP contribution in [-0.2, 0) is 14.4 Å². The van der Waals surface area contributed by atoms with Crippen molar-refractivity contribution in [3.63, 3.8) is 0 Å². The molecule has 130 valence electrons. The molecule has 1 aromatic rings. The number of hydrogen-bond donors (Lipinski definition) is 2. The average molecular weight is 353 g/mol. The van der Waals surface area contributed by atoms with Crippen molar-refractivity contribution in [1.82, 2.24) is 5.32 Å². The van der Waals surface area contributed by atoms with Crippen LogP contribution < -0.4 is 10.6 Å². The molecular weight excluding hydrogens is 334 g/mol. The number of hydrogen-bond acceptors (Lipinski definition) is 6. The van der Waals surface area contributed by atoms with Gasteiger partial charge in [-0.3, -0.25) is 24.5 Å². The van der Waals surface area contributed by atoms with Crippen LogP contribution >= 0.6 is 11.8 Å². The normalized spacial score (nSPS) is 11.4. The van der Waals surface area contributed by atoms with Crippen molar-refractivity contribution in [2.24, 2.45) is 5.92 Å². The first kappa shape index (κ1) is 19.6. The highest BCUT2D eigenvalue weighted by Gasteiger charge is 2.16. The number of para-hydroxylation sites is 2. The Kier molecular flexibility index (Phi) is 7.90. The van der Waals surface area contributed by atoms with Gasteiger partial charge in [-0.05, 0) is 12.5 Å². The number of amides is 2. The van der Waals surface area contributed by atoms with Gasteiger partial charge >= 0.3 is 0 Å². The van der Waals surface area contributed by atoms with E-state index >= 15 is 0 Å². The highest BCUT2D eigenvalue weighted by atomic mass is 32.2. The Balaban J connectivity index is 2.43. The molecule has 2 amide bonds. The minimum absolute atomic E-state index is 0.0747. The molecular formula is C15H19N3O5S. The van der Waals surface area contributed by atoms with Crippen molar-refractivity contribution in [1.29, 1.82) is 0 Å². The summed E-state index contributed by atoms with van der Waals surface area (Å²) in [6.07, 6.45) is 0.672. The Labute approximate surface area is 143 Å². The largest absolute Gasteiger partial charge is 0.348 e. The summed E-state index contributed by atoms with van der Waals surface area (Å²) in [5.74, 6) is -1.11. The Bertz CT molecular complexity index is 635. The van der Waals surface area contributed by atoms with E-state index in [0.29, 0.717) is 6.42 Å². The molecule has 1 rings (SSSR count). The Morgan fingerprint density at radius 1 is 1.29 bits per heavy atom. The number of carbonyl (C=O) groups excluding carboxylic acids is 3. The fourth-order valence-electron chi connectivity index (χ4n) is 1.64. The molecule has 24 heavy (non-hydrogen) atoms. The molecule has 8 nitrogen and oxygen atoms in total. The van der Waals surface area contributed by atoms with Crippen LogP contribution in [0.1, 0.15) is 20.3 Å². The lowest BCUT2D eigenvalue weighted by Gasteiger charge is -2.09. The van der Waals surface area contributed by atoms with Gasteiger partial charge in [-0.1, -0.05) is 37.7 Å². The van der Waals surface area contributed by atoms with Crippen LogP contribution in [0.5, 0.6) is 0 Å². The van der Waals surface area contributed by atoms with Gasteiger partial charge in [0.05, 0.1) is 17.2 Å². The zero-order chi connectivity index (χ0) is 18.1. The van der Waals surface area contributed by atoms with Crippen molar-refractivity contribution in [3.8, 4) is 0 Å². The first-order valence-corrected chi connectivity index (χ1v) is 8.30. The van der Waals surface area contributed by atoms with Crippen LogP contribution in [0.25, 0.3) is 0 Å². The second kappa shape index (κ2) is 9.66. The minimum atomic E-state index is -0.599. The molecule has 0 bridgehead atoms. The molecule has 1 atom stereocenters. The third kappa shape index (κ3) is 6.37. The summed E-state index contributed by atoms with van der Waals surface area (Å²) in [5, 5.41) is 15.4. The Morgan fingerprint density at radius 2 is 1.96 bits per heavy atom. The maximum atomic E-state index is 11.8. The molecule has 9 heteroatoms. The summed E-state index contributed by atoms with van der Waals surface area (Å²) < 4.78 is 0. The van der Waals surface area contributed by atoms with Crippen LogP contribution in [0.2, 0.25) is 0 Å². The van der Waals surface area contributed by atoms with Crippen molar-refractivity contribution in [3.05, 3.63) is 34.4 Å². The lowest BCUT2D eigenvalue weighted by atomic mass is 10.1. The van der Waals surface area contributed by atoms with E-state index in [1.807, 2.05) is 6.92 Å². The van der Waals surface area contributed by atoms with Crippen LogP contribution in [0, 0.1) is 16.0 Å². The van der Waals surface area contributed by atoms with E-state index in [4.69, 9.17) is 0 Å². The van der Waals surface area contributed by atoms with Crippen LogP contribution in [-0.4, -0.2) is 34.2 Å². The van der Waals surface area contributed by atoms with Gasteiger partial charge in [-0.25, -0.2) is 0 Å². The third-order valence-electron chi connectivity index (χ3n) is 3.21. The third-order valence-corrected chi connectivity index (χ3v) is 4.08. The van der Waals surface area contributed by atoms with E-state index in [-0.39, 0.29) is 40.6 Å². The van der Waals surface area contributed by atoms with E-state index in [0.717, 1.165) is 11.8 Å². The molecule has 0 aliphatic carbocycles. The molecule has 0 radical (unpaired) electrons. The highest BCUT2D eigenvalue weighted by molar-refractivity contribution is 8.14. The van der Waals surface area contributed by atoms with Gasteiger partial charge in [-0.15, -0.1) is 0 Å². The second-order valence-corrected chi connectivity index (χ2v) is 6.04.